The smallest absolute Gasteiger partial charge is 0.293 e. The number of halogens is 1. The lowest BCUT2D eigenvalue weighted by molar-refractivity contribution is -0.123. The molecule has 0 spiro atoms. The first-order chi connectivity index (χ1) is 18.3. The number of rotatable bonds is 7. The van der Waals surface area contributed by atoms with Gasteiger partial charge in [-0.15, -0.1) is 0 Å². The van der Waals surface area contributed by atoms with Gasteiger partial charge in [-0.1, -0.05) is 28.1 Å². The number of hydrogen-bond donors (Lipinski definition) is 0. The highest BCUT2D eigenvalue weighted by Gasteiger charge is 2.35. The molecule has 192 valence electrons. The summed E-state index contributed by atoms with van der Waals surface area (Å²) in [6, 6.07) is 24.9. The number of hydrogen-bond acceptors (Lipinski definition) is 5. The number of benzene rings is 3. The minimum absolute atomic E-state index is 0.249. The molecule has 1 fully saturated rings. The molecule has 1 saturated heterocycles. The Bertz CT molecular complexity index is 1520. The average Bonchev–Trinajstić information content (AvgIpc) is 3.34. The normalized spacial score (nSPS) is 14.4. The van der Waals surface area contributed by atoms with Crippen molar-refractivity contribution in [3.8, 4) is 22.9 Å². The van der Waals surface area contributed by atoms with E-state index in [1.807, 2.05) is 98.8 Å². The lowest BCUT2D eigenvalue weighted by atomic mass is 10.2. The summed E-state index contributed by atoms with van der Waals surface area (Å²) in [5.74, 6) is 1.95. The molecule has 0 unspecified atom stereocenters. The maximum Gasteiger partial charge on any atom is 0.293 e. The van der Waals surface area contributed by atoms with E-state index in [4.69, 9.17) is 9.47 Å². The summed E-state index contributed by atoms with van der Waals surface area (Å²) in [6.45, 7) is 4.28. The van der Waals surface area contributed by atoms with E-state index in [2.05, 4.69) is 20.5 Å². The van der Waals surface area contributed by atoms with Gasteiger partial charge < -0.3 is 14.0 Å². The zero-order valence-corrected chi connectivity index (χ0v) is 23.5. The monoisotopic (exact) mass is 588 g/mol. The van der Waals surface area contributed by atoms with Crippen LogP contribution in [-0.2, 0) is 11.3 Å². The highest BCUT2D eigenvalue weighted by molar-refractivity contribution is 9.10. The van der Waals surface area contributed by atoms with E-state index in [-0.39, 0.29) is 17.7 Å². The predicted octanol–water partition coefficient (Wildman–Crippen LogP) is 7.89. The van der Waals surface area contributed by atoms with Crippen LogP contribution >= 0.6 is 27.7 Å². The molecule has 2 heterocycles. The van der Waals surface area contributed by atoms with Crippen molar-refractivity contribution in [2.24, 2.45) is 0 Å². The van der Waals surface area contributed by atoms with E-state index in [1.54, 1.807) is 7.11 Å². The molecule has 0 saturated carbocycles. The maximum absolute atomic E-state index is 13.1. The average molecular weight is 590 g/mol. The van der Waals surface area contributed by atoms with Gasteiger partial charge in [-0.3, -0.25) is 14.5 Å². The molecule has 0 atom stereocenters. The quantitative estimate of drug-likeness (QED) is 0.205. The van der Waals surface area contributed by atoms with Gasteiger partial charge in [0.1, 0.15) is 17.2 Å². The Hall–Kier alpha value is -3.75. The van der Waals surface area contributed by atoms with E-state index in [1.165, 1.54) is 4.90 Å². The summed E-state index contributed by atoms with van der Waals surface area (Å²) >= 11 is 4.39. The SMILES string of the molecule is COc1ccc(Oc2ccc(-n3c(C)cc(/C=C4\SC(=O)N(Cc5ccc(Br)cc5)C4=O)c3C)cc2)cc1. The van der Waals surface area contributed by atoms with Gasteiger partial charge in [0.2, 0.25) is 0 Å². The highest BCUT2D eigenvalue weighted by Crippen LogP contribution is 2.35. The number of amides is 2. The van der Waals surface area contributed by atoms with E-state index in [0.29, 0.717) is 4.91 Å². The molecular weight excluding hydrogens is 564 g/mol. The molecule has 4 aromatic rings. The second-order valence-electron chi connectivity index (χ2n) is 8.83. The number of imide groups is 1. The number of carbonyl (C=O) groups excluding carboxylic acids is 2. The number of methoxy groups -OCH3 is 1. The van der Waals surface area contributed by atoms with Crippen LogP contribution in [0.4, 0.5) is 4.79 Å². The molecule has 0 N–H and O–H groups in total. The fourth-order valence-electron chi connectivity index (χ4n) is 4.32. The van der Waals surface area contributed by atoms with Crippen molar-refractivity contribution < 1.29 is 19.1 Å². The first-order valence-corrected chi connectivity index (χ1v) is 13.5. The van der Waals surface area contributed by atoms with Crippen molar-refractivity contribution >= 4 is 44.9 Å². The number of aryl methyl sites for hydroxylation is 1. The number of ether oxygens (including phenoxy) is 2. The first-order valence-electron chi connectivity index (χ1n) is 11.9. The zero-order chi connectivity index (χ0) is 26.8. The Labute approximate surface area is 234 Å². The molecule has 5 rings (SSSR count). The molecule has 0 radical (unpaired) electrons. The van der Waals surface area contributed by atoms with Crippen LogP contribution in [0.1, 0.15) is 22.5 Å². The Balaban J connectivity index is 1.33. The third-order valence-corrected chi connectivity index (χ3v) is 7.71. The zero-order valence-electron chi connectivity index (χ0n) is 21.1. The summed E-state index contributed by atoms with van der Waals surface area (Å²) in [5, 5.41) is -0.259. The van der Waals surface area contributed by atoms with E-state index in [9.17, 15) is 9.59 Å². The van der Waals surface area contributed by atoms with Gasteiger partial charge in [0.25, 0.3) is 11.1 Å². The van der Waals surface area contributed by atoms with Crippen LogP contribution in [0.25, 0.3) is 11.8 Å². The summed E-state index contributed by atoms with van der Waals surface area (Å²) in [6.07, 6.45) is 1.81. The molecule has 3 aromatic carbocycles. The van der Waals surface area contributed by atoms with Gasteiger partial charge in [0.15, 0.2) is 0 Å². The Morgan fingerprint density at radius 1 is 0.868 bits per heavy atom. The topological polar surface area (TPSA) is 60.8 Å². The van der Waals surface area contributed by atoms with Gasteiger partial charge in [-0.25, -0.2) is 0 Å². The van der Waals surface area contributed by atoms with Crippen LogP contribution in [0.5, 0.6) is 17.2 Å². The molecule has 1 aromatic heterocycles. The third-order valence-electron chi connectivity index (χ3n) is 6.27. The predicted molar refractivity (Wildman–Crippen MR) is 154 cm³/mol. The molecule has 6 nitrogen and oxygen atoms in total. The minimum atomic E-state index is -0.271. The van der Waals surface area contributed by atoms with Crippen LogP contribution < -0.4 is 9.47 Å². The van der Waals surface area contributed by atoms with Crippen molar-refractivity contribution in [3.63, 3.8) is 0 Å². The van der Waals surface area contributed by atoms with Gasteiger partial charge in [-0.2, -0.15) is 0 Å². The molecule has 1 aliphatic rings. The Morgan fingerprint density at radius 2 is 1.47 bits per heavy atom. The van der Waals surface area contributed by atoms with Gasteiger partial charge in [-0.05, 0) is 110 Å². The number of nitrogens with zero attached hydrogens (tertiary/aromatic N) is 2. The second-order valence-corrected chi connectivity index (χ2v) is 10.7. The molecule has 8 heteroatoms. The van der Waals surface area contributed by atoms with Crippen molar-refractivity contribution in [2.45, 2.75) is 20.4 Å². The summed E-state index contributed by atoms with van der Waals surface area (Å²) in [5.41, 5.74) is 4.77. The maximum atomic E-state index is 13.1. The van der Waals surface area contributed by atoms with Crippen LogP contribution in [0.2, 0.25) is 0 Å². The molecular formula is C30H25BrN2O4S. The van der Waals surface area contributed by atoms with Gasteiger partial charge >= 0.3 is 0 Å². The lowest BCUT2D eigenvalue weighted by Gasteiger charge is -2.12. The summed E-state index contributed by atoms with van der Waals surface area (Å²) in [4.78, 5) is 27.4. The number of aromatic nitrogens is 1. The summed E-state index contributed by atoms with van der Waals surface area (Å²) in [7, 11) is 1.63. The molecule has 38 heavy (non-hydrogen) atoms. The fraction of sp³-hybridized carbons (Fsp3) is 0.133. The largest absolute Gasteiger partial charge is 0.497 e. The van der Waals surface area contributed by atoms with Crippen molar-refractivity contribution in [3.05, 3.63) is 111 Å². The van der Waals surface area contributed by atoms with Crippen molar-refractivity contribution in [1.82, 2.24) is 9.47 Å². The fourth-order valence-corrected chi connectivity index (χ4v) is 5.42. The summed E-state index contributed by atoms with van der Waals surface area (Å²) < 4.78 is 14.2. The Morgan fingerprint density at radius 3 is 2.11 bits per heavy atom. The van der Waals surface area contributed by atoms with E-state index >= 15 is 0 Å². The van der Waals surface area contributed by atoms with Crippen LogP contribution in [0.3, 0.4) is 0 Å². The second kappa shape index (κ2) is 10.9. The van der Waals surface area contributed by atoms with Crippen LogP contribution in [0, 0.1) is 13.8 Å². The Kier molecular flexibility index (Phi) is 7.44. The lowest BCUT2D eigenvalue weighted by Crippen LogP contribution is -2.27. The number of thioether (sulfide) groups is 1. The highest BCUT2D eigenvalue weighted by atomic mass is 79.9. The minimum Gasteiger partial charge on any atom is -0.497 e. The van der Waals surface area contributed by atoms with Crippen LogP contribution in [0.15, 0.2) is 88.2 Å². The van der Waals surface area contributed by atoms with Gasteiger partial charge in [0.05, 0.1) is 18.6 Å². The first kappa shape index (κ1) is 25.9. The molecule has 1 aliphatic heterocycles. The van der Waals surface area contributed by atoms with Crippen molar-refractivity contribution in [2.75, 3.05) is 7.11 Å². The van der Waals surface area contributed by atoms with Crippen molar-refractivity contribution in [1.29, 1.82) is 0 Å². The number of carbonyl (C=O) groups is 2. The molecule has 0 bridgehead atoms. The van der Waals surface area contributed by atoms with Crippen LogP contribution in [-0.4, -0.2) is 27.7 Å². The van der Waals surface area contributed by atoms with E-state index < -0.39 is 0 Å². The van der Waals surface area contributed by atoms with Gasteiger partial charge in [0, 0.05) is 21.5 Å². The molecule has 0 aliphatic carbocycles. The molecule has 2 amide bonds. The van der Waals surface area contributed by atoms with E-state index in [0.717, 1.165) is 61.7 Å². The third kappa shape index (κ3) is 5.42. The standard InChI is InChI=1S/C30H25BrN2O4S/c1-19-16-22(17-28-29(34)32(30(35)38-28)18-21-4-6-23(31)7-5-21)20(2)33(19)24-8-10-26(11-9-24)37-27-14-12-25(36-3)13-15-27/h4-17H,18H2,1-3H3/b28-17-.